The standard InChI is InChI=1S/C17H12N2O4S/c1-2-15-18-19-17(23-15)10-7-8-12-14(9-10)24(21,22)13-6-4-3-5-11(13)16(12)20/h3-9H,2H2,1H3. The van der Waals surface area contributed by atoms with Crippen LogP contribution in [0.3, 0.4) is 0 Å². The lowest BCUT2D eigenvalue weighted by Crippen LogP contribution is -2.20. The van der Waals surface area contributed by atoms with Crippen molar-refractivity contribution in [1.29, 1.82) is 0 Å². The maximum Gasteiger partial charge on any atom is 0.247 e. The minimum absolute atomic E-state index is 0.0272. The van der Waals surface area contributed by atoms with E-state index < -0.39 is 9.84 Å². The van der Waals surface area contributed by atoms with Crippen molar-refractivity contribution in [3.8, 4) is 11.5 Å². The molecule has 6 nitrogen and oxygen atoms in total. The van der Waals surface area contributed by atoms with Gasteiger partial charge in [0.15, 0.2) is 5.78 Å². The zero-order valence-corrected chi connectivity index (χ0v) is 13.5. The Bertz CT molecular complexity index is 1080. The molecule has 1 aliphatic heterocycles. The molecule has 0 bridgehead atoms. The summed E-state index contributed by atoms with van der Waals surface area (Å²) in [7, 11) is -3.77. The molecule has 120 valence electrons. The summed E-state index contributed by atoms with van der Waals surface area (Å²) in [6, 6.07) is 10.8. The van der Waals surface area contributed by atoms with E-state index >= 15 is 0 Å². The van der Waals surface area contributed by atoms with E-state index in [9.17, 15) is 13.2 Å². The Balaban J connectivity index is 1.94. The zero-order valence-electron chi connectivity index (χ0n) is 12.7. The van der Waals surface area contributed by atoms with E-state index in [1.54, 1.807) is 18.2 Å². The number of nitrogens with zero attached hydrogens (tertiary/aromatic N) is 2. The van der Waals surface area contributed by atoms with Crippen LogP contribution in [0.2, 0.25) is 0 Å². The molecule has 0 saturated carbocycles. The number of aromatic nitrogens is 2. The predicted molar refractivity (Wildman–Crippen MR) is 84.4 cm³/mol. The van der Waals surface area contributed by atoms with Gasteiger partial charge in [-0.15, -0.1) is 10.2 Å². The van der Waals surface area contributed by atoms with Gasteiger partial charge in [-0.05, 0) is 30.3 Å². The molecule has 7 heteroatoms. The summed E-state index contributed by atoms with van der Waals surface area (Å²) in [6.07, 6.45) is 0.585. The van der Waals surface area contributed by atoms with Crippen LogP contribution in [0, 0.1) is 0 Å². The second-order valence-corrected chi connectivity index (χ2v) is 7.28. The predicted octanol–water partition coefficient (Wildman–Crippen LogP) is 2.68. The molecular weight excluding hydrogens is 328 g/mol. The summed E-state index contributed by atoms with van der Waals surface area (Å²) >= 11 is 0. The number of rotatable bonds is 2. The summed E-state index contributed by atoms with van der Waals surface area (Å²) in [5.74, 6) is 0.393. The monoisotopic (exact) mass is 340 g/mol. The first kappa shape index (κ1) is 14.8. The van der Waals surface area contributed by atoms with Gasteiger partial charge in [0.25, 0.3) is 0 Å². The first-order valence-corrected chi connectivity index (χ1v) is 8.86. The molecule has 0 atom stereocenters. The minimum Gasteiger partial charge on any atom is -0.421 e. The summed E-state index contributed by atoms with van der Waals surface area (Å²) in [5, 5.41) is 7.80. The van der Waals surface area contributed by atoms with Gasteiger partial charge in [-0.2, -0.15) is 0 Å². The van der Waals surface area contributed by atoms with E-state index in [0.29, 0.717) is 17.9 Å². The Morgan fingerprint density at radius 3 is 2.50 bits per heavy atom. The second-order valence-electron chi connectivity index (χ2n) is 5.39. The molecule has 2 heterocycles. The molecule has 0 saturated heterocycles. The minimum atomic E-state index is -3.77. The third kappa shape index (κ3) is 2.01. The number of hydrogen-bond donors (Lipinski definition) is 0. The van der Waals surface area contributed by atoms with Crippen molar-refractivity contribution in [3.63, 3.8) is 0 Å². The van der Waals surface area contributed by atoms with Crippen LogP contribution in [0.25, 0.3) is 11.5 Å². The van der Waals surface area contributed by atoms with Crippen molar-refractivity contribution in [2.45, 2.75) is 23.1 Å². The van der Waals surface area contributed by atoms with Crippen LogP contribution in [0.1, 0.15) is 28.7 Å². The molecule has 2 aromatic carbocycles. The molecule has 1 aliphatic rings. The van der Waals surface area contributed by atoms with Crippen molar-refractivity contribution in [2.75, 3.05) is 0 Å². The fourth-order valence-corrected chi connectivity index (χ4v) is 4.41. The summed E-state index contributed by atoms with van der Waals surface area (Å²) < 4.78 is 31.2. The fraction of sp³-hybridized carbons (Fsp3) is 0.118. The molecule has 0 N–H and O–H groups in total. The highest BCUT2D eigenvalue weighted by molar-refractivity contribution is 7.91. The highest BCUT2D eigenvalue weighted by atomic mass is 32.2. The number of carbonyl (C=O) groups excluding carboxylic acids is 1. The molecule has 4 rings (SSSR count). The maximum absolute atomic E-state index is 12.9. The van der Waals surface area contributed by atoms with Crippen molar-refractivity contribution in [3.05, 3.63) is 59.5 Å². The van der Waals surface area contributed by atoms with Gasteiger partial charge in [0.2, 0.25) is 21.6 Å². The van der Waals surface area contributed by atoms with E-state index in [-0.39, 0.29) is 32.6 Å². The highest BCUT2D eigenvalue weighted by Gasteiger charge is 2.34. The van der Waals surface area contributed by atoms with Gasteiger partial charge in [-0.25, -0.2) is 8.42 Å². The maximum atomic E-state index is 12.9. The number of carbonyl (C=O) groups is 1. The second kappa shape index (κ2) is 5.10. The Morgan fingerprint density at radius 1 is 1.00 bits per heavy atom. The Morgan fingerprint density at radius 2 is 1.75 bits per heavy atom. The van der Waals surface area contributed by atoms with E-state index in [1.165, 1.54) is 24.3 Å². The third-order valence-electron chi connectivity index (χ3n) is 3.95. The Labute approximate surface area is 138 Å². The normalized spacial score (nSPS) is 15.0. The number of ketones is 1. The van der Waals surface area contributed by atoms with Gasteiger partial charge >= 0.3 is 0 Å². The summed E-state index contributed by atoms with van der Waals surface area (Å²) in [6.45, 7) is 1.88. The van der Waals surface area contributed by atoms with Crippen LogP contribution in [-0.4, -0.2) is 24.4 Å². The number of hydrogen-bond acceptors (Lipinski definition) is 6. The molecule has 0 amide bonds. The van der Waals surface area contributed by atoms with Gasteiger partial charge < -0.3 is 4.42 Å². The molecule has 24 heavy (non-hydrogen) atoms. The van der Waals surface area contributed by atoms with Gasteiger partial charge in [-0.3, -0.25) is 4.79 Å². The van der Waals surface area contributed by atoms with Crippen molar-refractivity contribution >= 4 is 15.6 Å². The van der Waals surface area contributed by atoms with Crippen molar-refractivity contribution < 1.29 is 17.6 Å². The van der Waals surface area contributed by atoms with Crippen molar-refractivity contribution in [1.82, 2.24) is 10.2 Å². The van der Waals surface area contributed by atoms with E-state index in [4.69, 9.17) is 4.42 Å². The fourth-order valence-electron chi connectivity index (χ4n) is 2.73. The highest BCUT2D eigenvalue weighted by Crippen LogP contribution is 2.36. The Hall–Kier alpha value is -2.80. The average molecular weight is 340 g/mol. The van der Waals surface area contributed by atoms with Gasteiger partial charge in [-0.1, -0.05) is 19.1 Å². The molecule has 0 aliphatic carbocycles. The molecule has 3 aromatic rings. The number of aryl methyl sites for hydroxylation is 1. The van der Waals surface area contributed by atoms with E-state index in [2.05, 4.69) is 10.2 Å². The smallest absolute Gasteiger partial charge is 0.247 e. The number of fused-ring (bicyclic) bond motifs is 2. The van der Waals surface area contributed by atoms with E-state index in [0.717, 1.165) is 0 Å². The van der Waals surface area contributed by atoms with Gasteiger partial charge in [0.05, 0.1) is 9.79 Å². The summed E-state index contributed by atoms with van der Waals surface area (Å²) in [4.78, 5) is 12.6. The van der Waals surface area contributed by atoms with Crippen LogP contribution >= 0.6 is 0 Å². The van der Waals surface area contributed by atoms with Crippen LogP contribution < -0.4 is 0 Å². The Kier molecular flexibility index (Phi) is 3.14. The summed E-state index contributed by atoms with van der Waals surface area (Å²) in [5.41, 5.74) is 0.827. The molecule has 0 radical (unpaired) electrons. The van der Waals surface area contributed by atoms with Gasteiger partial charge in [0.1, 0.15) is 0 Å². The quantitative estimate of drug-likeness (QED) is 0.557. The van der Waals surface area contributed by atoms with Crippen molar-refractivity contribution in [2.24, 2.45) is 0 Å². The lowest BCUT2D eigenvalue weighted by molar-refractivity contribution is 0.103. The van der Waals surface area contributed by atoms with Gasteiger partial charge in [0, 0.05) is 23.1 Å². The zero-order chi connectivity index (χ0) is 16.9. The topological polar surface area (TPSA) is 90.1 Å². The average Bonchev–Trinajstić information content (AvgIpc) is 3.09. The number of benzene rings is 2. The SMILES string of the molecule is CCc1nnc(-c2ccc3c(c2)S(=O)(=O)c2ccccc2C3=O)o1. The molecule has 0 fully saturated rings. The van der Waals surface area contributed by atoms with E-state index in [1.807, 2.05) is 6.92 Å². The molecule has 0 unspecified atom stereocenters. The number of sulfone groups is 1. The van der Waals surface area contributed by atoms with Crippen LogP contribution in [0.5, 0.6) is 0 Å². The van der Waals surface area contributed by atoms with Crippen LogP contribution in [-0.2, 0) is 16.3 Å². The molecular formula is C17H12N2O4S. The first-order valence-electron chi connectivity index (χ1n) is 7.38. The van der Waals surface area contributed by atoms with Crippen LogP contribution in [0.4, 0.5) is 0 Å². The molecule has 0 spiro atoms. The molecule has 1 aromatic heterocycles. The lowest BCUT2D eigenvalue weighted by atomic mass is 10.0. The van der Waals surface area contributed by atoms with Crippen LogP contribution in [0.15, 0.2) is 56.7 Å². The first-order chi connectivity index (χ1) is 11.5. The third-order valence-corrected chi connectivity index (χ3v) is 5.81. The largest absolute Gasteiger partial charge is 0.421 e. The lowest BCUT2D eigenvalue weighted by Gasteiger charge is -2.18.